The van der Waals surface area contributed by atoms with Crippen LogP contribution in [0.5, 0.6) is 0 Å². The first-order chi connectivity index (χ1) is 11.8. The summed E-state index contributed by atoms with van der Waals surface area (Å²) >= 11 is 0. The van der Waals surface area contributed by atoms with Gasteiger partial charge in [-0.2, -0.15) is 0 Å². The Hall–Kier alpha value is -0.240. The number of ether oxygens (including phenoxy) is 4. The normalized spacial score (nSPS) is 38.5. The fourth-order valence-electron chi connectivity index (χ4n) is 4.29. The van der Waals surface area contributed by atoms with Crippen LogP contribution in [0.15, 0.2) is 0 Å². The van der Waals surface area contributed by atoms with Crippen LogP contribution in [0, 0.1) is 0 Å². The summed E-state index contributed by atoms with van der Waals surface area (Å²) in [6, 6.07) is 0. The zero-order valence-electron chi connectivity index (χ0n) is 14.7. The minimum Gasteiger partial charge on any atom is -0.350 e. The second-order valence-corrected chi connectivity index (χ2v) is 7.63. The van der Waals surface area contributed by atoms with E-state index in [-0.39, 0.29) is 24.8 Å². The van der Waals surface area contributed by atoms with Crippen LogP contribution < -0.4 is 0 Å². The minimum atomic E-state index is -0.0811. The standard InChI is InChI=1S/C18H32N2O4/c1-2-8-19(7-1)11-15-13-21-17(23-15)5-6-18-22-14-16(24-18)12-20-9-3-4-10-20/h15-18H,1-14H2. The van der Waals surface area contributed by atoms with Gasteiger partial charge in [0.2, 0.25) is 0 Å². The van der Waals surface area contributed by atoms with Crippen molar-refractivity contribution in [3.05, 3.63) is 0 Å². The molecule has 4 fully saturated rings. The Morgan fingerprint density at radius 1 is 0.625 bits per heavy atom. The van der Waals surface area contributed by atoms with E-state index in [2.05, 4.69) is 9.80 Å². The summed E-state index contributed by atoms with van der Waals surface area (Å²) in [5.41, 5.74) is 0. The summed E-state index contributed by atoms with van der Waals surface area (Å²) in [5.74, 6) is 0. The molecule has 4 aliphatic heterocycles. The Kier molecular flexibility index (Phi) is 6.04. The SMILES string of the molecule is C1CCN(CC2COC(CCC3OCC(CN4CCCC4)O3)O2)C1. The van der Waals surface area contributed by atoms with Crippen molar-refractivity contribution in [1.29, 1.82) is 0 Å². The number of hydrogen-bond donors (Lipinski definition) is 0. The monoisotopic (exact) mass is 340 g/mol. The third kappa shape index (κ3) is 4.68. The van der Waals surface area contributed by atoms with Gasteiger partial charge in [-0.1, -0.05) is 0 Å². The topological polar surface area (TPSA) is 43.4 Å². The van der Waals surface area contributed by atoms with Crippen LogP contribution in [0.4, 0.5) is 0 Å². The zero-order chi connectivity index (χ0) is 16.2. The van der Waals surface area contributed by atoms with E-state index in [1.54, 1.807) is 0 Å². The minimum absolute atomic E-state index is 0.0811. The van der Waals surface area contributed by atoms with Gasteiger partial charge in [-0.3, -0.25) is 0 Å². The predicted octanol–water partition coefficient (Wildman–Crippen LogP) is 1.44. The molecule has 0 aliphatic carbocycles. The Morgan fingerprint density at radius 2 is 1.04 bits per heavy atom. The fourth-order valence-corrected chi connectivity index (χ4v) is 4.29. The molecular weight excluding hydrogens is 308 g/mol. The van der Waals surface area contributed by atoms with Gasteiger partial charge in [0.15, 0.2) is 12.6 Å². The molecule has 4 atom stereocenters. The molecule has 0 aromatic heterocycles. The molecule has 0 amide bonds. The summed E-state index contributed by atoms with van der Waals surface area (Å²) < 4.78 is 23.7. The van der Waals surface area contributed by atoms with Crippen molar-refractivity contribution in [3.8, 4) is 0 Å². The van der Waals surface area contributed by atoms with Crippen molar-refractivity contribution in [2.75, 3.05) is 52.5 Å². The highest BCUT2D eigenvalue weighted by molar-refractivity contribution is 4.76. The largest absolute Gasteiger partial charge is 0.350 e. The molecule has 4 aliphatic rings. The van der Waals surface area contributed by atoms with Gasteiger partial charge in [-0.15, -0.1) is 0 Å². The number of likely N-dealkylation sites (tertiary alicyclic amines) is 2. The molecule has 0 aromatic rings. The van der Waals surface area contributed by atoms with E-state index < -0.39 is 0 Å². The Bertz CT molecular complexity index is 349. The van der Waals surface area contributed by atoms with Crippen LogP contribution in [-0.2, 0) is 18.9 Å². The number of rotatable bonds is 7. The first-order valence-corrected chi connectivity index (χ1v) is 9.84. The number of hydrogen-bond acceptors (Lipinski definition) is 6. The van der Waals surface area contributed by atoms with E-state index in [1.807, 2.05) is 0 Å². The van der Waals surface area contributed by atoms with Gasteiger partial charge in [0.25, 0.3) is 0 Å². The van der Waals surface area contributed by atoms with Crippen LogP contribution in [0.1, 0.15) is 38.5 Å². The highest BCUT2D eigenvalue weighted by atomic mass is 16.7. The highest BCUT2D eigenvalue weighted by Crippen LogP contribution is 2.23. The van der Waals surface area contributed by atoms with E-state index in [1.165, 1.54) is 51.9 Å². The molecular formula is C18H32N2O4. The Morgan fingerprint density at radius 3 is 1.46 bits per heavy atom. The van der Waals surface area contributed by atoms with Gasteiger partial charge < -0.3 is 28.7 Å². The molecule has 0 bridgehead atoms. The van der Waals surface area contributed by atoms with Gasteiger partial charge in [0.1, 0.15) is 0 Å². The summed E-state index contributed by atoms with van der Waals surface area (Å²) in [6.07, 6.45) is 7.33. The second-order valence-electron chi connectivity index (χ2n) is 7.63. The molecule has 0 N–H and O–H groups in total. The molecule has 0 aromatic carbocycles. The van der Waals surface area contributed by atoms with E-state index in [9.17, 15) is 0 Å². The molecule has 6 heteroatoms. The summed E-state index contributed by atoms with van der Waals surface area (Å²) in [7, 11) is 0. The first-order valence-electron chi connectivity index (χ1n) is 9.84. The van der Waals surface area contributed by atoms with Crippen molar-refractivity contribution >= 4 is 0 Å². The Balaban J connectivity index is 1.10. The third-order valence-corrected chi connectivity index (χ3v) is 5.58. The summed E-state index contributed by atoms with van der Waals surface area (Å²) in [4.78, 5) is 4.98. The average Bonchev–Trinajstić information content (AvgIpc) is 3.35. The average molecular weight is 340 g/mol. The fraction of sp³-hybridized carbons (Fsp3) is 1.00. The lowest BCUT2D eigenvalue weighted by Crippen LogP contribution is -2.32. The van der Waals surface area contributed by atoms with Gasteiger partial charge in [-0.05, 0) is 51.9 Å². The van der Waals surface area contributed by atoms with E-state index in [0.717, 1.165) is 39.1 Å². The third-order valence-electron chi connectivity index (χ3n) is 5.58. The van der Waals surface area contributed by atoms with Crippen LogP contribution in [0.3, 0.4) is 0 Å². The molecule has 4 heterocycles. The molecule has 4 rings (SSSR count). The lowest BCUT2D eigenvalue weighted by atomic mass is 10.3. The van der Waals surface area contributed by atoms with Gasteiger partial charge in [0, 0.05) is 25.9 Å². The first kappa shape index (κ1) is 17.2. The maximum absolute atomic E-state index is 6.03. The van der Waals surface area contributed by atoms with Gasteiger partial charge in [-0.25, -0.2) is 0 Å². The zero-order valence-corrected chi connectivity index (χ0v) is 14.7. The lowest BCUT2D eigenvalue weighted by Gasteiger charge is -2.19. The van der Waals surface area contributed by atoms with Crippen molar-refractivity contribution < 1.29 is 18.9 Å². The predicted molar refractivity (Wildman–Crippen MR) is 89.8 cm³/mol. The van der Waals surface area contributed by atoms with Crippen molar-refractivity contribution in [2.45, 2.75) is 63.3 Å². The maximum Gasteiger partial charge on any atom is 0.158 e. The quantitative estimate of drug-likeness (QED) is 0.699. The summed E-state index contributed by atoms with van der Waals surface area (Å²) in [6.45, 7) is 8.35. The smallest absolute Gasteiger partial charge is 0.158 e. The van der Waals surface area contributed by atoms with Crippen molar-refractivity contribution in [2.24, 2.45) is 0 Å². The van der Waals surface area contributed by atoms with Gasteiger partial charge in [0.05, 0.1) is 25.4 Å². The molecule has 0 spiro atoms. The molecule has 138 valence electrons. The molecule has 4 unspecified atom stereocenters. The van der Waals surface area contributed by atoms with Crippen molar-refractivity contribution in [3.63, 3.8) is 0 Å². The van der Waals surface area contributed by atoms with Crippen LogP contribution in [0.25, 0.3) is 0 Å². The second kappa shape index (κ2) is 8.43. The maximum atomic E-state index is 6.03. The van der Waals surface area contributed by atoms with Gasteiger partial charge >= 0.3 is 0 Å². The molecule has 24 heavy (non-hydrogen) atoms. The van der Waals surface area contributed by atoms with Crippen LogP contribution >= 0.6 is 0 Å². The Labute approximate surface area is 145 Å². The molecule has 0 saturated carbocycles. The lowest BCUT2D eigenvalue weighted by molar-refractivity contribution is -0.103. The van der Waals surface area contributed by atoms with E-state index >= 15 is 0 Å². The molecule has 4 saturated heterocycles. The van der Waals surface area contributed by atoms with E-state index in [4.69, 9.17) is 18.9 Å². The van der Waals surface area contributed by atoms with Crippen LogP contribution in [0.2, 0.25) is 0 Å². The van der Waals surface area contributed by atoms with Crippen LogP contribution in [-0.4, -0.2) is 87.1 Å². The molecule has 6 nitrogen and oxygen atoms in total. The highest BCUT2D eigenvalue weighted by Gasteiger charge is 2.32. The molecule has 0 radical (unpaired) electrons. The van der Waals surface area contributed by atoms with E-state index in [0.29, 0.717) is 0 Å². The number of nitrogens with zero attached hydrogens (tertiary/aromatic N) is 2. The summed E-state index contributed by atoms with van der Waals surface area (Å²) in [5, 5.41) is 0. The van der Waals surface area contributed by atoms with Crippen molar-refractivity contribution in [1.82, 2.24) is 9.80 Å².